The van der Waals surface area contributed by atoms with Crippen molar-refractivity contribution in [2.45, 2.75) is 124 Å². The molecule has 1 aliphatic heterocycles. The average Bonchev–Trinajstić information content (AvgIpc) is 3.19. The number of rotatable bonds is 11. The molecule has 214 valence electrons. The van der Waals surface area contributed by atoms with Gasteiger partial charge in [0, 0.05) is 36.8 Å². The summed E-state index contributed by atoms with van der Waals surface area (Å²) in [6.07, 6.45) is 0.902. The first-order chi connectivity index (χ1) is 17.8. The van der Waals surface area contributed by atoms with Crippen LogP contribution in [0.25, 0.3) is 4.85 Å². The van der Waals surface area contributed by atoms with E-state index in [9.17, 15) is 14.7 Å². The number of H-pyrrole nitrogens is 1. The van der Waals surface area contributed by atoms with E-state index in [4.69, 9.17) is 21.1 Å². The van der Waals surface area contributed by atoms with Gasteiger partial charge < -0.3 is 14.4 Å². The highest BCUT2D eigenvalue weighted by Crippen LogP contribution is 2.50. The van der Waals surface area contributed by atoms with Crippen molar-refractivity contribution in [1.82, 2.24) is 18.9 Å². The molecular formula is C26H45N6O5P. The van der Waals surface area contributed by atoms with E-state index < -0.39 is 32.0 Å². The number of aliphatic hydroxyl groups is 1. The predicted molar refractivity (Wildman–Crippen MR) is 150 cm³/mol. The molecule has 2 rings (SSSR count). The van der Waals surface area contributed by atoms with Crippen molar-refractivity contribution in [3.8, 4) is 6.07 Å². The van der Waals surface area contributed by atoms with E-state index in [-0.39, 0.29) is 18.2 Å². The molecule has 2 heterocycles. The van der Waals surface area contributed by atoms with Gasteiger partial charge in [0.05, 0.1) is 37.9 Å². The Bertz CT molecular complexity index is 1020. The van der Waals surface area contributed by atoms with Crippen molar-refractivity contribution in [2.75, 3.05) is 6.61 Å². The van der Waals surface area contributed by atoms with Gasteiger partial charge in [0.25, 0.3) is 11.2 Å². The summed E-state index contributed by atoms with van der Waals surface area (Å²) in [5.74, 6) is 0. The summed E-state index contributed by atoms with van der Waals surface area (Å²) in [6, 6.07) is 3.84. The first-order valence-corrected chi connectivity index (χ1v) is 14.4. The van der Waals surface area contributed by atoms with E-state index in [0.29, 0.717) is 43.6 Å². The fourth-order valence-electron chi connectivity index (χ4n) is 4.43. The molecule has 2 N–H and O–H groups in total. The van der Waals surface area contributed by atoms with E-state index in [1.807, 2.05) is 6.92 Å². The molecule has 0 amide bonds. The van der Waals surface area contributed by atoms with E-state index >= 15 is 0 Å². The zero-order chi connectivity index (χ0) is 29.2. The highest BCUT2D eigenvalue weighted by atomic mass is 31.2. The van der Waals surface area contributed by atoms with Gasteiger partial charge in [0.2, 0.25) is 0 Å². The fourth-order valence-corrected chi connectivity index (χ4v) is 6.77. The number of aromatic nitrogens is 2. The topological polar surface area (TPSA) is 128 Å². The number of aromatic amines is 1. The van der Waals surface area contributed by atoms with Gasteiger partial charge in [-0.15, -0.1) is 0 Å². The number of nitriles is 1. The molecule has 0 aliphatic carbocycles. The second-order valence-electron chi connectivity index (χ2n) is 10.3. The number of aliphatic hydroxyl groups excluding tert-OH is 1. The Morgan fingerprint density at radius 3 is 2.11 bits per heavy atom. The van der Waals surface area contributed by atoms with E-state index in [0.717, 1.165) is 4.57 Å². The highest BCUT2D eigenvalue weighted by molar-refractivity contribution is 7.47. The van der Waals surface area contributed by atoms with Gasteiger partial charge in [-0.25, -0.2) is 19.0 Å². The summed E-state index contributed by atoms with van der Waals surface area (Å²) in [4.78, 5) is 28.0. The Morgan fingerprint density at radius 1 is 1.18 bits per heavy atom. The minimum atomic E-state index is -0.841. The van der Waals surface area contributed by atoms with Crippen molar-refractivity contribution in [2.24, 2.45) is 0 Å². The quantitative estimate of drug-likeness (QED) is 0.233. The third kappa shape index (κ3) is 9.27. The number of nitrogens with one attached hydrogen (secondary N) is 1. The minimum absolute atomic E-state index is 0.173. The first-order valence-electron chi connectivity index (χ1n) is 13.2. The van der Waals surface area contributed by atoms with Gasteiger partial charge >= 0.3 is 5.69 Å². The molecule has 12 heteroatoms. The Morgan fingerprint density at radius 2 is 1.71 bits per heavy atom. The molecular weight excluding hydrogens is 507 g/mol. The summed E-state index contributed by atoms with van der Waals surface area (Å²) in [6.45, 7) is 26.9. The standard InChI is InChI=1S/C15H32N3OP.C11H13N3O4/c1-12(2)17(13(3)4)20(19-11-9-10-16)18(14(5)6)15(7)8;1-3-8-7(15)4-9(18-8)14-5-6(12-2)10(16)13-11(14)17/h12-15H,9,11H2,1-8H3;5,7-9,15H,3-4H2,1H3,(H,13,16,17)/t;7?,8-,9-/m.1/s1. The van der Waals surface area contributed by atoms with Gasteiger partial charge in [-0.05, 0) is 61.8 Å². The van der Waals surface area contributed by atoms with Crippen LogP contribution in [-0.4, -0.2) is 67.0 Å². The van der Waals surface area contributed by atoms with Crippen molar-refractivity contribution >= 4 is 14.1 Å². The Hall–Kier alpha value is -2.11. The lowest BCUT2D eigenvalue weighted by atomic mass is 10.1. The maximum absolute atomic E-state index is 11.6. The molecule has 38 heavy (non-hydrogen) atoms. The molecule has 11 nitrogen and oxygen atoms in total. The summed E-state index contributed by atoms with van der Waals surface area (Å²) >= 11 is 0. The van der Waals surface area contributed by atoms with Crippen LogP contribution < -0.4 is 11.2 Å². The molecule has 0 radical (unpaired) electrons. The number of hydrogen-bond acceptors (Lipinski definition) is 8. The maximum atomic E-state index is 11.6. The lowest BCUT2D eigenvalue weighted by Crippen LogP contribution is -2.43. The largest absolute Gasteiger partial charge is 0.390 e. The fraction of sp³-hybridized carbons (Fsp3) is 0.769. The van der Waals surface area contributed by atoms with Crippen LogP contribution in [0.3, 0.4) is 0 Å². The Labute approximate surface area is 228 Å². The van der Waals surface area contributed by atoms with Gasteiger partial charge in [0.1, 0.15) is 6.23 Å². The zero-order valence-electron chi connectivity index (χ0n) is 24.2. The molecule has 0 saturated carbocycles. The molecule has 0 spiro atoms. The Balaban J connectivity index is 0.000000381. The molecule has 1 unspecified atom stereocenters. The summed E-state index contributed by atoms with van der Waals surface area (Å²) in [5.41, 5.74) is -1.52. The smallest absolute Gasteiger partial charge is 0.328 e. The second-order valence-corrected chi connectivity index (χ2v) is 11.9. The van der Waals surface area contributed by atoms with Gasteiger partial charge in [0.15, 0.2) is 8.45 Å². The van der Waals surface area contributed by atoms with E-state index in [1.165, 1.54) is 6.20 Å². The van der Waals surface area contributed by atoms with Crippen LogP contribution in [0, 0.1) is 17.9 Å². The number of nitrogens with zero attached hydrogens (tertiary/aromatic N) is 5. The third-order valence-corrected chi connectivity index (χ3v) is 8.97. The first kappa shape index (κ1) is 33.9. The molecule has 1 saturated heterocycles. The minimum Gasteiger partial charge on any atom is -0.390 e. The SMILES string of the molecule is CC(C)N(C(C)C)P(OCCC#N)N(C(C)C)C(C)C.[C-]#[N+]c1cn([C@H]2CC(O)[C@@H](CC)O2)c(=O)[nH]c1=O. The highest BCUT2D eigenvalue weighted by Gasteiger charge is 2.35. The molecule has 3 atom stereocenters. The van der Waals surface area contributed by atoms with Crippen LogP contribution in [0.15, 0.2) is 15.8 Å². The van der Waals surface area contributed by atoms with Crippen molar-refractivity contribution in [3.63, 3.8) is 0 Å². The van der Waals surface area contributed by atoms with Crippen LogP contribution in [0.2, 0.25) is 0 Å². The van der Waals surface area contributed by atoms with Gasteiger partial charge in [-0.2, -0.15) is 5.26 Å². The normalized spacial score (nSPS) is 19.5. The zero-order valence-corrected chi connectivity index (χ0v) is 25.1. The van der Waals surface area contributed by atoms with Crippen molar-refractivity contribution in [3.05, 3.63) is 38.5 Å². The van der Waals surface area contributed by atoms with Crippen LogP contribution >= 0.6 is 8.45 Å². The van der Waals surface area contributed by atoms with Gasteiger partial charge in [-0.1, -0.05) is 6.92 Å². The monoisotopic (exact) mass is 552 g/mol. The average molecular weight is 553 g/mol. The van der Waals surface area contributed by atoms with Crippen LogP contribution in [-0.2, 0) is 9.26 Å². The second kappa shape index (κ2) is 16.1. The molecule has 1 aromatic rings. The summed E-state index contributed by atoms with van der Waals surface area (Å²) < 4.78 is 17.7. The molecule has 0 aromatic carbocycles. The molecule has 1 aromatic heterocycles. The predicted octanol–water partition coefficient (Wildman–Crippen LogP) is 4.53. The van der Waals surface area contributed by atoms with Crippen molar-refractivity contribution < 1.29 is 14.4 Å². The van der Waals surface area contributed by atoms with Crippen LogP contribution in [0.4, 0.5) is 5.69 Å². The molecule has 0 bridgehead atoms. The maximum Gasteiger partial charge on any atom is 0.328 e. The molecule has 1 aliphatic rings. The van der Waals surface area contributed by atoms with Crippen LogP contribution in [0.5, 0.6) is 0 Å². The lowest BCUT2D eigenvalue weighted by Gasteiger charge is -2.45. The van der Waals surface area contributed by atoms with Gasteiger partial charge in [-0.3, -0.25) is 14.3 Å². The lowest BCUT2D eigenvalue weighted by molar-refractivity contribution is -0.0216. The third-order valence-electron chi connectivity index (χ3n) is 5.92. The summed E-state index contributed by atoms with van der Waals surface area (Å²) in [7, 11) is -0.841. The van der Waals surface area contributed by atoms with Crippen LogP contribution in [0.1, 0.15) is 87.8 Å². The molecule has 1 fully saturated rings. The van der Waals surface area contributed by atoms with E-state index in [2.05, 4.69) is 80.6 Å². The number of hydrogen-bond donors (Lipinski definition) is 2. The summed E-state index contributed by atoms with van der Waals surface area (Å²) in [5, 5.41) is 18.5. The van der Waals surface area contributed by atoms with E-state index in [1.54, 1.807) is 0 Å². The number of ether oxygens (including phenoxy) is 1. The van der Waals surface area contributed by atoms with Crippen molar-refractivity contribution in [1.29, 1.82) is 5.26 Å². The Kier molecular flexibility index (Phi) is 14.4.